The second kappa shape index (κ2) is 7.73. The molecule has 2 aromatic rings. The fourth-order valence-corrected chi connectivity index (χ4v) is 2.90. The maximum atomic E-state index is 12.2. The molecule has 0 unspecified atom stereocenters. The van der Waals surface area contributed by atoms with Crippen LogP contribution in [-0.4, -0.2) is 23.3 Å². The van der Waals surface area contributed by atoms with E-state index in [1.807, 2.05) is 30.3 Å². The van der Waals surface area contributed by atoms with E-state index in [0.717, 1.165) is 24.8 Å². The maximum Gasteiger partial charge on any atom is 0.251 e. The van der Waals surface area contributed by atoms with Crippen molar-refractivity contribution in [3.8, 4) is 0 Å². The zero-order chi connectivity index (χ0) is 16.8. The first-order valence-electron chi connectivity index (χ1n) is 8.28. The molecule has 0 spiro atoms. The third-order valence-electron chi connectivity index (χ3n) is 4.21. The number of carbonyl (C=O) groups excluding carboxylic acids is 2. The van der Waals surface area contributed by atoms with Gasteiger partial charge in [-0.25, -0.2) is 0 Å². The van der Waals surface area contributed by atoms with Crippen LogP contribution in [0.3, 0.4) is 0 Å². The van der Waals surface area contributed by atoms with Crippen LogP contribution in [0.1, 0.15) is 39.9 Å². The number of benzene rings is 1. The Kier molecular flexibility index (Phi) is 5.21. The van der Waals surface area contributed by atoms with Gasteiger partial charge >= 0.3 is 0 Å². The lowest BCUT2D eigenvalue weighted by atomic mass is 10.1. The standard InChI is InChI=1S/C19H21N3O2/c23-18(22-13-14-3-2-9-20-12-14)8-10-21-19(24)17-7-6-15-4-1-5-16(15)11-17/h2-3,6-7,9,11-12H,1,4-5,8,10,13H2,(H,21,24)(H,22,23). The molecule has 24 heavy (non-hydrogen) atoms. The summed E-state index contributed by atoms with van der Waals surface area (Å²) in [6, 6.07) is 9.61. The van der Waals surface area contributed by atoms with Crippen molar-refractivity contribution in [3.05, 3.63) is 65.0 Å². The van der Waals surface area contributed by atoms with E-state index in [1.54, 1.807) is 12.4 Å². The second-order valence-corrected chi connectivity index (χ2v) is 5.98. The molecular formula is C19H21N3O2. The van der Waals surface area contributed by atoms with Crippen molar-refractivity contribution in [2.75, 3.05) is 6.54 Å². The largest absolute Gasteiger partial charge is 0.352 e. The summed E-state index contributed by atoms with van der Waals surface area (Å²) in [7, 11) is 0. The number of rotatable bonds is 6. The molecule has 5 nitrogen and oxygen atoms in total. The highest BCUT2D eigenvalue weighted by atomic mass is 16.2. The van der Waals surface area contributed by atoms with Crippen molar-refractivity contribution < 1.29 is 9.59 Å². The monoisotopic (exact) mass is 323 g/mol. The lowest BCUT2D eigenvalue weighted by Crippen LogP contribution is -2.30. The van der Waals surface area contributed by atoms with Gasteiger partial charge in [0.1, 0.15) is 0 Å². The number of aromatic nitrogens is 1. The highest BCUT2D eigenvalue weighted by Crippen LogP contribution is 2.22. The number of amides is 2. The van der Waals surface area contributed by atoms with E-state index < -0.39 is 0 Å². The molecule has 1 aromatic heterocycles. The third-order valence-corrected chi connectivity index (χ3v) is 4.21. The smallest absolute Gasteiger partial charge is 0.251 e. The number of aryl methyl sites for hydroxylation is 2. The SMILES string of the molecule is O=C(CCNC(=O)c1ccc2c(c1)CCC2)NCc1cccnc1. The van der Waals surface area contributed by atoms with Crippen LogP contribution >= 0.6 is 0 Å². The van der Waals surface area contributed by atoms with E-state index >= 15 is 0 Å². The number of nitrogens with zero attached hydrogens (tertiary/aromatic N) is 1. The highest BCUT2D eigenvalue weighted by molar-refractivity contribution is 5.94. The summed E-state index contributed by atoms with van der Waals surface area (Å²) >= 11 is 0. The molecule has 0 saturated carbocycles. The van der Waals surface area contributed by atoms with E-state index in [-0.39, 0.29) is 18.2 Å². The van der Waals surface area contributed by atoms with E-state index in [1.165, 1.54) is 11.1 Å². The number of hydrogen-bond acceptors (Lipinski definition) is 3. The molecule has 1 aromatic carbocycles. The van der Waals surface area contributed by atoms with E-state index in [0.29, 0.717) is 18.7 Å². The van der Waals surface area contributed by atoms with Gasteiger partial charge in [-0.05, 0) is 54.2 Å². The molecule has 2 amide bonds. The third kappa shape index (κ3) is 4.19. The fourth-order valence-electron chi connectivity index (χ4n) is 2.90. The minimum atomic E-state index is -0.121. The summed E-state index contributed by atoms with van der Waals surface area (Å²) in [6.07, 6.45) is 6.99. The average Bonchev–Trinajstić information content (AvgIpc) is 3.08. The Balaban J connectivity index is 1.41. The fraction of sp³-hybridized carbons (Fsp3) is 0.316. The molecule has 0 bridgehead atoms. The van der Waals surface area contributed by atoms with Crippen LogP contribution in [0, 0.1) is 0 Å². The van der Waals surface area contributed by atoms with Gasteiger partial charge in [0.15, 0.2) is 0 Å². The number of carbonyl (C=O) groups is 2. The molecule has 1 heterocycles. The molecule has 0 fully saturated rings. The van der Waals surface area contributed by atoms with Crippen LogP contribution in [0.25, 0.3) is 0 Å². The summed E-state index contributed by atoms with van der Waals surface area (Å²) in [5.41, 5.74) is 4.25. The molecule has 0 radical (unpaired) electrons. The van der Waals surface area contributed by atoms with Crippen LogP contribution in [0.4, 0.5) is 0 Å². The van der Waals surface area contributed by atoms with E-state index in [4.69, 9.17) is 0 Å². The molecule has 0 aliphatic heterocycles. The number of pyridine rings is 1. The topological polar surface area (TPSA) is 71.1 Å². The summed E-state index contributed by atoms with van der Waals surface area (Å²) in [4.78, 5) is 28.0. The number of fused-ring (bicyclic) bond motifs is 1. The van der Waals surface area contributed by atoms with Crippen LogP contribution in [0.2, 0.25) is 0 Å². The van der Waals surface area contributed by atoms with Gasteiger partial charge < -0.3 is 10.6 Å². The predicted molar refractivity (Wildman–Crippen MR) is 91.5 cm³/mol. The second-order valence-electron chi connectivity index (χ2n) is 5.98. The maximum absolute atomic E-state index is 12.2. The summed E-state index contributed by atoms with van der Waals surface area (Å²) in [6.45, 7) is 0.778. The zero-order valence-corrected chi connectivity index (χ0v) is 13.5. The Labute approximate surface area is 141 Å². The van der Waals surface area contributed by atoms with Gasteiger partial charge in [-0.15, -0.1) is 0 Å². The predicted octanol–water partition coefficient (Wildman–Crippen LogP) is 2.01. The summed E-state index contributed by atoms with van der Waals surface area (Å²) in [5.74, 6) is -0.210. The lowest BCUT2D eigenvalue weighted by molar-refractivity contribution is -0.121. The molecule has 3 rings (SSSR count). The van der Waals surface area contributed by atoms with E-state index in [9.17, 15) is 9.59 Å². The Bertz CT molecular complexity index is 729. The van der Waals surface area contributed by atoms with Crippen molar-refractivity contribution in [1.29, 1.82) is 0 Å². The van der Waals surface area contributed by atoms with Gasteiger partial charge in [0.05, 0.1) is 0 Å². The number of nitrogens with one attached hydrogen (secondary N) is 2. The molecule has 0 saturated heterocycles. The van der Waals surface area contributed by atoms with E-state index in [2.05, 4.69) is 15.6 Å². The van der Waals surface area contributed by atoms with Crippen molar-refractivity contribution >= 4 is 11.8 Å². The van der Waals surface area contributed by atoms with Gasteiger partial charge in [0.2, 0.25) is 5.91 Å². The minimum absolute atomic E-state index is 0.0897. The molecule has 5 heteroatoms. The quantitative estimate of drug-likeness (QED) is 0.854. The Morgan fingerprint density at radius 2 is 1.96 bits per heavy atom. The summed E-state index contributed by atoms with van der Waals surface area (Å²) in [5, 5.41) is 5.62. The van der Waals surface area contributed by atoms with Crippen molar-refractivity contribution in [2.24, 2.45) is 0 Å². The summed E-state index contributed by atoms with van der Waals surface area (Å²) < 4.78 is 0. The van der Waals surface area contributed by atoms with Crippen LogP contribution in [0.15, 0.2) is 42.7 Å². The Morgan fingerprint density at radius 3 is 2.79 bits per heavy atom. The Hall–Kier alpha value is -2.69. The molecular weight excluding hydrogens is 302 g/mol. The molecule has 1 aliphatic rings. The molecule has 2 N–H and O–H groups in total. The number of hydrogen-bond donors (Lipinski definition) is 2. The van der Waals surface area contributed by atoms with Crippen LogP contribution in [0.5, 0.6) is 0 Å². The average molecular weight is 323 g/mol. The van der Waals surface area contributed by atoms with Gasteiger partial charge in [-0.1, -0.05) is 12.1 Å². The normalized spacial score (nSPS) is 12.5. The lowest BCUT2D eigenvalue weighted by Gasteiger charge is -2.08. The van der Waals surface area contributed by atoms with Gasteiger partial charge in [0, 0.05) is 37.5 Å². The van der Waals surface area contributed by atoms with Gasteiger partial charge in [-0.3, -0.25) is 14.6 Å². The van der Waals surface area contributed by atoms with Crippen molar-refractivity contribution in [1.82, 2.24) is 15.6 Å². The molecule has 0 atom stereocenters. The van der Waals surface area contributed by atoms with Crippen molar-refractivity contribution in [3.63, 3.8) is 0 Å². The first kappa shape index (κ1) is 16.2. The van der Waals surface area contributed by atoms with Gasteiger partial charge in [0.25, 0.3) is 5.91 Å². The highest BCUT2D eigenvalue weighted by Gasteiger charge is 2.13. The zero-order valence-electron chi connectivity index (χ0n) is 13.5. The first-order chi connectivity index (χ1) is 11.7. The van der Waals surface area contributed by atoms with Gasteiger partial charge in [-0.2, -0.15) is 0 Å². The molecule has 124 valence electrons. The Morgan fingerprint density at radius 1 is 1.08 bits per heavy atom. The first-order valence-corrected chi connectivity index (χ1v) is 8.28. The molecule has 1 aliphatic carbocycles. The van der Waals surface area contributed by atoms with Crippen molar-refractivity contribution in [2.45, 2.75) is 32.2 Å². The van der Waals surface area contributed by atoms with Crippen LogP contribution in [-0.2, 0) is 24.2 Å². The minimum Gasteiger partial charge on any atom is -0.352 e. The van der Waals surface area contributed by atoms with Crippen LogP contribution < -0.4 is 10.6 Å².